The summed E-state index contributed by atoms with van der Waals surface area (Å²) in [4.78, 5) is -0.276. The van der Waals surface area contributed by atoms with E-state index in [1.165, 1.54) is 12.1 Å². The van der Waals surface area contributed by atoms with Gasteiger partial charge in [-0.2, -0.15) is 0 Å². The van der Waals surface area contributed by atoms with Crippen LogP contribution in [0, 0.1) is 13.8 Å². The van der Waals surface area contributed by atoms with Crippen LogP contribution in [0.15, 0.2) is 82.6 Å². The Kier molecular flexibility index (Phi) is 8.27. The van der Waals surface area contributed by atoms with Gasteiger partial charge in [-0.05, 0) is 58.7 Å². The van der Waals surface area contributed by atoms with Crippen molar-refractivity contribution in [1.82, 2.24) is 0 Å². The summed E-state index contributed by atoms with van der Waals surface area (Å²) in [6.07, 6.45) is 0. The first-order chi connectivity index (χ1) is 14.0. The fourth-order valence-corrected chi connectivity index (χ4v) is 4.65. The van der Waals surface area contributed by atoms with Crippen LogP contribution in [-0.4, -0.2) is 63.7 Å². The molecule has 0 aliphatic heterocycles. The van der Waals surface area contributed by atoms with Gasteiger partial charge in [-0.15, -0.1) is 0 Å². The summed E-state index contributed by atoms with van der Waals surface area (Å²) in [7, 11) is -8.75. The van der Waals surface area contributed by atoms with Crippen LogP contribution in [0.2, 0.25) is 0 Å². The third kappa shape index (κ3) is 6.26. The molecule has 0 amide bonds. The fraction of sp³-hybridized carbons (Fsp3) is 0.0909. The first-order valence-electron chi connectivity index (χ1n) is 8.87. The minimum absolute atomic E-state index is 0. The number of rotatable bonds is 2. The largest absolute Gasteiger partial charge is 2.00 e. The van der Waals surface area contributed by atoms with E-state index in [2.05, 4.69) is 0 Å². The maximum absolute atomic E-state index is 10.9. The molecule has 4 aromatic rings. The van der Waals surface area contributed by atoms with Gasteiger partial charge in [0.1, 0.15) is 20.2 Å². The second-order valence-corrected chi connectivity index (χ2v) is 9.53. The predicted molar refractivity (Wildman–Crippen MR) is 119 cm³/mol. The first-order valence-corrected chi connectivity index (χ1v) is 11.7. The van der Waals surface area contributed by atoms with E-state index in [4.69, 9.17) is 0 Å². The second kappa shape index (κ2) is 9.95. The van der Waals surface area contributed by atoms with Gasteiger partial charge < -0.3 is 9.11 Å². The van der Waals surface area contributed by atoms with Crippen LogP contribution in [0.4, 0.5) is 0 Å². The Hall–Kier alpha value is -1.52. The zero-order valence-corrected chi connectivity index (χ0v) is 20.7. The summed E-state index contributed by atoms with van der Waals surface area (Å²) in [5, 5.41) is 3.39. The molecule has 0 heterocycles. The molecule has 0 spiro atoms. The normalized spacial score (nSPS) is 11.5. The summed E-state index contributed by atoms with van der Waals surface area (Å²) in [5.74, 6) is 0. The molecule has 0 unspecified atom stereocenters. The van der Waals surface area contributed by atoms with Crippen molar-refractivity contribution in [3.8, 4) is 0 Å². The summed E-state index contributed by atoms with van der Waals surface area (Å²) in [6.45, 7) is 3.24. The third-order valence-corrected chi connectivity index (χ3v) is 6.58. The molecule has 6 nitrogen and oxygen atoms in total. The van der Waals surface area contributed by atoms with Gasteiger partial charge in [0.15, 0.2) is 0 Å². The molecule has 0 bridgehead atoms. The number of hydrogen-bond donors (Lipinski definition) is 0. The molecule has 0 atom stereocenters. The van der Waals surface area contributed by atoms with Gasteiger partial charge in [0.2, 0.25) is 0 Å². The zero-order valence-electron chi connectivity index (χ0n) is 16.9. The maximum Gasteiger partial charge on any atom is 2.00 e. The predicted octanol–water partition coefficient (Wildman–Crippen LogP) is 3.72. The molecule has 156 valence electrons. The molecule has 0 saturated heterocycles. The summed E-state index contributed by atoms with van der Waals surface area (Å²) in [6, 6.07) is 20.9. The van der Waals surface area contributed by atoms with Crippen molar-refractivity contribution in [2.24, 2.45) is 0 Å². The summed E-state index contributed by atoms with van der Waals surface area (Å²) >= 11 is 0. The second-order valence-electron chi connectivity index (χ2n) is 6.84. The molecule has 9 heteroatoms. The molecule has 0 aliphatic carbocycles. The average molecular weight is 483 g/mol. The minimum atomic E-state index is -4.37. The monoisotopic (exact) mass is 482 g/mol. The average Bonchev–Trinajstić information content (AvgIpc) is 2.65. The molecule has 0 fully saturated rings. The van der Waals surface area contributed by atoms with Crippen LogP contribution in [0.3, 0.4) is 0 Å². The van der Waals surface area contributed by atoms with Crippen molar-refractivity contribution in [1.29, 1.82) is 0 Å². The van der Waals surface area contributed by atoms with Crippen molar-refractivity contribution in [2.45, 2.75) is 23.6 Å². The van der Waals surface area contributed by atoms with E-state index in [-0.39, 0.29) is 47.5 Å². The maximum atomic E-state index is 10.9. The number of benzene rings is 4. The van der Waals surface area contributed by atoms with Crippen LogP contribution in [0.1, 0.15) is 11.1 Å². The van der Waals surface area contributed by atoms with Gasteiger partial charge >= 0.3 is 37.7 Å². The Morgan fingerprint density at radius 2 is 0.806 bits per heavy atom. The zero-order chi connectivity index (χ0) is 22.1. The number of fused-ring (bicyclic) bond motifs is 2. The van der Waals surface area contributed by atoms with Gasteiger partial charge in [-0.25, -0.2) is 16.8 Å². The minimum Gasteiger partial charge on any atom is -0.744 e. The molecule has 0 aliphatic rings. The molecule has 0 N–H and O–H groups in total. The van der Waals surface area contributed by atoms with E-state index in [1.54, 1.807) is 50.2 Å². The first kappa shape index (κ1) is 25.7. The van der Waals surface area contributed by atoms with Gasteiger partial charge in [-0.1, -0.05) is 60.7 Å². The van der Waals surface area contributed by atoms with Crippen molar-refractivity contribution in [3.63, 3.8) is 0 Å². The van der Waals surface area contributed by atoms with Crippen molar-refractivity contribution >= 4 is 79.5 Å². The van der Waals surface area contributed by atoms with Gasteiger partial charge in [0.05, 0.1) is 9.79 Å². The smallest absolute Gasteiger partial charge is 0.744 e. The van der Waals surface area contributed by atoms with E-state index in [0.29, 0.717) is 11.1 Å². The molecule has 4 rings (SSSR count). The van der Waals surface area contributed by atoms with E-state index in [9.17, 15) is 25.9 Å². The Bertz CT molecular complexity index is 1350. The van der Waals surface area contributed by atoms with Gasteiger partial charge in [-0.3, -0.25) is 0 Å². The standard InChI is InChI=1S/2C11H10O3S.Ca/c2*1-8-6-9-4-2-3-5-10(9)7-11(8)15(12,13)14;/h2*2-7H,1H3,(H,12,13,14);/q;;+2/p-2. The van der Waals surface area contributed by atoms with Crippen LogP contribution >= 0.6 is 0 Å². The Labute approximate surface area is 211 Å². The van der Waals surface area contributed by atoms with E-state index < -0.39 is 20.2 Å². The fourth-order valence-electron chi connectivity index (χ4n) is 3.21. The van der Waals surface area contributed by atoms with Gasteiger partial charge in [0.25, 0.3) is 0 Å². The molecule has 0 aromatic heterocycles. The number of aryl methyl sites for hydroxylation is 2. The topological polar surface area (TPSA) is 114 Å². The van der Waals surface area contributed by atoms with E-state index in [0.717, 1.165) is 21.5 Å². The van der Waals surface area contributed by atoms with Crippen LogP contribution < -0.4 is 0 Å². The van der Waals surface area contributed by atoms with Crippen molar-refractivity contribution < 1.29 is 25.9 Å². The van der Waals surface area contributed by atoms with Crippen molar-refractivity contribution in [2.75, 3.05) is 0 Å². The van der Waals surface area contributed by atoms with E-state index >= 15 is 0 Å². The molecule has 0 radical (unpaired) electrons. The van der Waals surface area contributed by atoms with Crippen LogP contribution in [0.5, 0.6) is 0 Å². The van der Waals surface area contributed by atoms with Crippen molar-refractivity contribution in [3.05, 3.63) is 83.9 Å². The molecule has 4 aromatic carbocycles. The summed E-state index contributed by atoms with van der Waals surface area (Å²) < 4.78 is 65.7. The molecular formula is C22H18CaO6S2. The quantitative estimate of drug-likeness (QED) is 0.318. The number of hydrogen-bond acceptors (Lipinski definition) is 6. The Morgan fingerprint density at radius 1 is 0.548 bits per heavy atom. The molecule has 0 saturated carbocycles. The molecule has 31 heavy (non-hydrogen) atoms. The van der Waals surface area contributed by atoms with E-state index in [1.807, 2.05) is 24.3 Å². The Morgan fingerprint density at radius 3 is 1.06 bits per heavy atom. The molecular weight excluding hydrogens is 464 g/mol. The van der Waals surface area contributed by atoms with Crippen LogP contribution in [0.25, 0.3) is 21.5 Å². The summed E-state index contributed by atoms with van der Waals surface area (Å²) in [5.41, 5.74) is 0.979. The van der Waals surface area contributed by atoms with Gasteiger partial charge in [0, 0.05) is 0 Å². The Balaban J connectivity index is 0.000000213. The third-order valence-electron chi connectivity index (χ3n) is 4.63. The van der Waals surface area contributed by atoms with Crippen LogP contribution in [-0.2, 0) is 20.2 Å². The SMILES string of the molecule is Cc1cc2ccccc2cc1S(=O)(=O)[O-].Cc1cc2ccccc2cc1S(=O)(=O)[O-].[Ca+2].